The maximum atomic E-state index is 3.66. The third-order valence-corrected chi connectivity index (χ3v) is 7.18. The molecule has 1 heterocycles. The molecule has 1 nitrogen and oxygen atoms in total. The van der Waals surface area contributed by atoms with Gasteiger partial charge in [0, 0.05) is 20.3 Å². The molecule has 0 amide bonds. The molecular formula is C17H28BrNS. The zero-order valence-electron chi connectivity index (χ0n) is 13.4. The van der Waals surface area contributed by atoms with Crippen LogP contribution in [0.1, 0.15) is 62.3 Å². The minimum absolute atomic E-state index is 0.475. The zero-order chi connectivity index (χ0) is 14.9. The average Bonchev–Trinajstić information content (AvgIpc) is 2.70. The Kier molecular flexibility index (Phi) is 5.36. The molecule has 0 aromatic carbocycles. The minimum atomic E-state index is 0.475. The monoisotopic (exact) mass is 357 g/mol. The van der Waals surface area contributed by atoms with Gasteiger partial charge in [0.25, 0.3) is 0 Å². The van der Waals surface area contributed by atoms with Crippen molar-refractivity contribution in [3.05, 3.63) is 20.3 Å². The molecule has 0 bridgehead atoms. The predicted molar refractivity (Wildman–Crippen MR) is 93.5 cm³/mol. The van der Waals surface area contributed by atoms with Crippen molar-refractivity contribution in [2.45, 2.75) is 59.4 Å². The van der Waals surface area contributed by atoms with Gasteiger partial charge in [-0.05, 0) is 78.9 Å². The van der Waals surface area contributed by atoms with Crippen molar-refractivity contribution in [1.82, 2.24) is 5.32 Å². The van der Waals surface area contributed by atoms with Gasteiger partial charge in [0.15, 0.2) is 0 Å². The largest absolute Gasteiger partial charge is 0.312 e. The molecule has 0 aliphatic heterocycles. The van der Waals surface area contributed by atoms with E-state index in [9.17, 15) is 0 Å². The van der Waals surface area contributed by atoms with Gasteiger partial charge in [-0.25, -0.2) is 0 Å². The number of thiophene rings is 1. The van der Waals surface area contributed by atoms with Crippen LogP contribution in [0.5, 0.6) is 0 Å². The number of aryl methyl sites for hydroxylation is 1. The molecule has 1 unspecified atom stereocenters. The van der Waals surface area contributed by atoms with E-state index in [0.717, 1.165) is 11.8 Å². The maximum Gasteiger partial charge on any atom is 0.0441 e. The van der Waals surface area contributed by atoms with E-state index in [4.69, 9.17) is 0 Å². The molecule has 114 valence electrons. The van der Waals surface area contributed by atoms with Crippen LogP contribution < -0.4 is 5.32 Å². The first kappa shape index (κ1) is 16.5. The molecule has 1 atom stereocenters. The summed E-state index contributed by atoms with van der Waals surface area (Å²) in [6.45, 7) is 9.38. The lowest BCUT2D eigenvalue weighted by Crippen LogP contribution is -2.31. The highest BCUT2D eigenvalue weighted by molar-refractivity contribution is 9.10. The second-order valence-corrected chi connectivity index (χ2v) is 9.44. The molecule has 20 heavy (non-hydrogen) atoms. The van der Waals surface area contributed by atoms with Crippen LogP contribution in [-0.2, 0) is 0 Å². The molecular weight excluding hydrogens is 330 g/mol. The van der Waals surface area contributed by atoms with Crippen molar-refractivity contribution in [3.8, 4) is 0 Å². The molecule has 1 aromatic heterocycles. The van der Waals surface area contributed by atoms with E-state index in [1.807, 2.05) is 11.3 Å². The van der Waals surface area contributed by atoms with Crippen molar-refractivity contribution in [2.75, 3.05) is 7.05 Å². The van der Waals surface area contributed by atoms with Gasteiger partial charge < -0.3 is 5.32 Å². The van der Waals surface area contributed by atoms with Crippen molar-refractivity contribution in [3.63, 3.8) is 0 Å². The minimum Gasteiger partial charge on any atom is -0.312 e. The van der Waals surface area contributed by atoms with Crippen LogP contribution in [0.25, 0.3) is 0 Å². The third kappa shape index (κ3) is 3.66. The topological polar surface area (TPSA) is 12.0 Å². The van der Waals surface area contributed by atoms with Crippen LogP contribution in [0.15, 0.2) is 10.5 Å². The standard InChI is InChI=1S/C17H28BrNS/c1-11-14(18)10-15(20-11)16(19-5)12-6-8-13(9-7-12)17(2,3)4/h10,12-13,16,19H,6-9H2,1-5H3. The van der Waals surface area contributed by atoms with Crippen LogP contribution in [-0.4, -0.2) is 7.05 Å². The molecule has 1 fully saturated rings. The van der Waals surface area contributed by atoms with Gasteiger partial charge in [0.2, 0.25) is 0 Å². The maximum absolute atomic E-state index is 3.66. The first-order valence-electron chi connectivity index (χ1n) is 7.76. The fraction of sp³-hybridized carbons (Fsp3) is 0.765. The summed E-state index contributed by atoms with van der Waals surface area (Å²) in [4.78, 5) is 2.89. The molecule has 1 aliphatic carbocycles. The summed E-state index contributed by atoms with van der Waals surface area (Å²) in [6, 6.07) is 2.85. The Morgan fingerprint density at radius 2 is 1.85 bits per heavy atom. The fourth-order valence-electron chi connectivity index (χ4n) is 3.56. The van der Waals surface area contributed by atoms with E-state index in [0.29, 0.717) is 11.5 Å². The van der Waals surface area contributed by atoms with Crippen LogP contribution in [0.2, 0.25) is 0 Å². The summed E-state index contributed by atoms with van der Waals surface area (Å²) in [5.74, 6) is 1.69. The second kappa shape index (κ2) is 6.50. The summed E-state index contributed by atoms with van der Waals surface area (Å²) in [5.41, 5.74) is 0.475. The lowest BCUT2D eigenvalue weighted by molar-refractivity contribution is 0.135. The Bertz CT molecular complexity index is 419. The van der Waals surface area contributed by atoms with Gasteiger partial charge in [0.05, 0.1) is 0 Å². The normalized spacial score (nSPS) is 25.7. The number of hydrogen-bond donors (Lipinski definition) is 1. The lowest BCUT2D eigenvalue weighted by Gasteiger charge is -2.39. The van der Waals surface area contributed by atoms with E-state index >= 15 is 0 Å². The van der Waals surface area contributed by atoms with Gasteiger partial charge in [-0.15, -0.1) is 11.3 Å². The second-order valence-electron chi connectivity index (χ2n) is 7.30. The van der Waals surface area contributed by atoms with E-state index in [-0.39, 0.29) is 0 Å². The molecule has 1 N–H and O–H groups in total. The fourth-order valence-corrected chi connectivity index (χ4v) is 5.33. The lowest BCUT2D eigenvalue weighted by atomic mass is 9.68. The summed E-state index contributed by atoms with van der Waals surface area (Å²) >= 11 is 5.59. The first-order valence-corrected chi connectivity index (χ1v) is 9.37. The predicted octanol–water partition coefficient (Wildman–Crippen LogP) is 5.93. The summed E-state index contributed by atoms with van der Waals surface area (Å²) in [5, 5.41) is 3.57. The van der Waals surface area contributed by atoms with E-state index in [1.54, 1.807) is 0 Å². The number of hydrogen-bond acceptors (Lipinski definition) is 2. The SMILES string of the molecule is CNC(c1cc(Br)c(C)s1)C1CCC(C(C)(C)C)CC1. The molecule has 3 heteroatoms. The van der Waals surface area contributed by atoms with Crippen LogP contribution in [0.4, 0.5) is 0 Å². The van der Waals surface area contributed by atoms with E-state index < -0.39 is 0 Å². The van der Waals surface area contributed by atoms with Crippen molar-refractivity contribution < 1.29 is 0 Å². The third-order valence-electron chi connectivity index (χ3n) is 4.96. The van der Waals surface area contributed by atoms with Gasteiger partial charge in [-0.1, -0.05) is 20.8 Å². The van der Waals surface area contributed by atoms with Crippen LogP contribution in [0.3, 0.4) is 0 Å². The molecule has 0 spiro atoms. The number of nitrogens with one attached hydrogen (secondary N) is 1. The highest BCUT2D eigenvalue weighted by Crippen LogP contribution is 2.44. The Hall–Kier alpha value is 0.140. The molecule has 1 saturated carbocycles. The van der Waals surface area contributed by atoms with E-state index in [1.165, 1.54) is 39.9 Å². The van der Waals surface area contributed by atoms with E-state index in [2.05, 4.69) is 62.1 Å². The van der Waals surface area contributed by atoms with Crippen LogP contribution in [0, 0.1) is 24.2 Å². The molecule has 1 aromatic rings. The highest BCUT2D eigenvalue weighted by Gasteiger charge is 2.33. The number of rotatable bonds is 3. The molecule has 2 rings (SSSR count). The first-order chi connectivity index (χ1) is 9.32. The van der Waals surface area contributed by atoms with Gasteiger partial charge in [-0.3, -0.25) is 0 Å². The smallest absolute Gasteiger partial charge is 0.0441 e. The van der Waals surface area contributed by atoms with Gasteiger partial charge in [-0.2, -0.15) is 0 Å². The van der Waals surface area contributed by atoms with Gasteiger partial charge >= 0.3 is 0 Å². The van der Waals surface area contributed by atoms with Crippen LogP contribution >= 0.6 is 27.3 Å². The summed E-state index contributed by atoms with van der Waals surface area (Å²) in [6.07, 6.45) is 5.50. The van der Waals surface area contributed by atoms with Crippen molar-refractivity contribution in [2.24, 2.45) is 17.3 Å². The Balaban J connectivity index is 2.04. The van der Waals surface area contributed by atoms with Gasteiger partial charge in [0.1, 0.15) is 0 Å². The quantitative estimate of drug-likeness (QED) is 0.706. The Labute approximate surface area is 136 Å². The molecule has 0 radical (unpaired) electrons. The highest BCUT2D eigenvalue weighted by atomic mass is 79.9. The molecule has 1 aliphatic rings. The Morgan fingerprint density at radius 3 is 2.25 bits per heavy atom. The van der Waals surface area contributed by atoms with Crippen molar-refractivity contribution in [1.29, 1.82) is 0 Å². The average molecular weight is 358 g/mol. The Morgan fingerprint density at radius 1 is 1.25 bits per heavy atom. The summed E-state index contributed by atoms with van der Waals surface area (Å²) in [7, 11) is 2.11. The van der Waals surface area contributed by atoms with Crippen molar-refractivity contribution >= 4 is 27.3 Å². The zero-order valence-corrected chi connectivity index (χ0v) is 15.8. The molecule has 0 saturated heterocycles. The summed E-state index contributed by atoms with van der Waals surface area (Å²) < 4.78 is 1.26. The number of halogens is 1.